The second kappa shape index (κ2) is 11.1. The Balaban J connectivity index is 0.00000364. The van der Waals surface area contributed by atoms with Crippen LogP contribution in [-0.2, 0) is 28.6 Å². The Bertz CT molecular complexity index is 853. The predicted octanol–water partition coefficient (Wildman–Crippen LogP) is 2.50. The van der Waals surface area contributed by atoms with Gasteiger partial charge in [-0.15, -0.1) is 24.0 Å². The topological polar surface area (TPSA) is 93.8 Å². The van der Waals surface area contributed by atoms with Gasteiger partial charge in [-0.05, 0) is 35.2 Å². The van der Waals surface area contributed by atoms with E-state index < -0.39 is 9.84 Å². The van der Waals surface area contributed by atoms with Crippen LogP contribution in [-0.4, -0.2) is 34.3 Å². The zero-order chi connectivity index (χ0) is 19.0. The number of methoxy groups -OCH3 is 1. The predicted molar refractivity (Wildman–Crippen MR) is 120 cm³/mol. The van der Waals surface area contributed by atoms with Crippen molar-refractivity contribution in [3.8, 4) is 5.75 Å². The number of aliphatic imine (C=N–C) groups is 1. The first-order valence-corrected chi connectivity index (χ1v) is 10.3. The van der Waals surface area contributed by atoms with Crippen LogP contribution in [0.3, 0.4) is 0 Å². The van der Waals surface area contributed by atoms with Crippen molar-refractivity contribution < 1.29 is 13.2 Å². The van der Waals surface area contributed by atoms with E-state index in [0.29, 0.717) is 19.0 Å². The smallest absolute Gasteiger partial charge is 0.188 e. The van der Waals surface area contributed by atoms with E-state index in [9.17, 15) is 8.42 Å². The lowest BCUT2D eigenvalue weighted by atomic mass is 10.1. The molecule has 0 aliphatic carbocycles. The van der Waals surface area contributed by atoms with Crippen LogP contribution in [0.25, 0.3) is 0 Å². The van der Waals surface area contributed by atoms with Gasteiger partial charge in [-0.3, -0.25) is 0 Å². The number of sulfone groups is 1. The number of hydrogen-bond acceptors (Lipinski definition) is 4. The van der Waals surface area contributed by atoms with Gasteiger partial charge in [0, 0.05) is 12.8 Å². The lowest BCUT2D eigenvalue weighted by Crippen LogP contribution is -2.33. The van der Waals surface area contributed by atoms with Gasteiger partial charge in [-0.1, -0.05) is 36.4 Å². The molecule has 0 spiro atoms. The van der Waals surface area contributed by atoms with E-state index in [0.717, 1.165) is 23.3 Å². The maximum Gasteiger partial charge on any atom is 0.188 e. The standard InChI is InChI=1S/C19H25N3O3S.HI/c1-25-18-9-7-15(8-10-18)11-12-21-19(20)22-13-16-5-3-4-6-17(16)14-26(2,23)24;/h3-10H,11-14H2,1-2H3,(H3,20,21,22);1H. The Labute approximate surface area is 178 Å². The van der Waals surface area contributed by atoms with Crippen molar-refractivity contribution in [3.63, 3.8) is 0 Å². The van der Waals surface area contributed by atoms with Crippen LogP contribution in [0, 0.1) is 0 Å². The molecule has 2 rings (SSSR count). The van der Waals surface area contributed by atoms with Crippen molar-refractivity contribution in [2.24, 2.45) is 10.7 Å². The molecule has 0 saturated heterocycles. The van der Waals surface area contributed by atoms with E-state index in [2.05, 4.69) is 10.3 Å². The Morgan fingerprint density at radius 3 is 2.33 bits per heavy atom. The molecule has 0 aromatic heterocycles. The summed E-state index contributed by atoms with van der Waals surface area (Å²) in [6, 6.07) is 15.2. The molecule has 2 aromatic carbocycles. The minimum Gasteiger partial charge on any atom is -0.497 e. The minimum absolute atomic E-state index is 0. The summed E-state index contributed by atoms with van der Waals surface area (Å²) in [5, 5.41) is 3.08. The van der Waals surface area contributed by atoms with Gasteiger partial charge in [0.25, 0.3) is 0 Å². The van der Waals surface area contributed by atoms with Crippen LogP contribution in [0.1, 0.15) is 16.7 Å². The molecule has 27 heavy (non-hydrogen) atoms. The highest BCUT2D eigenvalue weighted by Gasteiger charge is 2.08. The summed E-state index contributed by atoms with van der Waals surface area (Å²) < 4.78 is 28.2. The normalized spacial score (nSPS) is 11.6. The number of nitrogens with two attached hydrogens (primary N) is 1. The second-order valence-electron chi connectivity index (χ2n) is 6.07. The monoisotopic (exact) mass is 503 g/mol. The van der Waals surface area contributed by atoms with Crippen LogP contribution in [0.15, 0.2) is 53.5 Å². The number of halogens is 1. The van der Waals surface area contributed by atoms with E-state index in [1.807, 2.05) is 42.5 Å². The van der Waals surface area contributed by atoms with E-state index in [1.54, 1.807) is 13.2 Å². The lowest BCUT2D eigenvalue weighted by molar-refractivity contribution is 0.414. The third kappa shape index (κ3) is 8.61. The molecule has 0 radical (unpaired) electrons. The quantitative estimate of drug-likeness (QED) is 0.328. The van der Waals surface area contributed by atoms with Crippen molar-refractivity contribution in [1.29, 1.82) is 0 Å². The number of nitrogens with zero attached hydrogens (tertiary/aromatic N) is 1. The molecule has 0 aliphatic heterocycles. The largest absolute Gasteiger partial charge is 0.497 e. The molecular weight excluding hydrogens is 477 g/mol. The molecule has 0 amide bonds. The summed E-state index contributed by atoms with van der Waals surface area (Å²) in [6.07, 6.45) is 2.03. The summed E-state index contributed by atoms with van der Waals surface area (Å²) in [6.45, 7) is 1.000. The third-order valence-electron chi connectivity index (χ3n) is 3.83. The summed E-state index contributed by atoms with van der Waals surface area (Å²) in [5.74, 6) is 1.17. The van der Waals surface area contributed by atoms with E-state index >= 15 is 0 Å². The Kier molecular flexibility index (Phi) is 9.57. The average molecular weight is 503 g/mol. The number of rotatable bonds is 8. The van der Waals surface area contributed by atoms with Crippen molar-refractivity contribution >= 4 is 39.8 Å². The molecule has 0 atom stereocenters. The number of benzene rings is 2. The fourth-order valence-corrected chi connectivity index (χ4v) is 3.33. The number of hydrogen-bond donors (Lipinski definition) is 2. The van der Waals surface area contributed by atoms with Gasteiger partial charge in [-0.2, -0.15) is 0 Å². The molecule has 6 nitrogen and oxygen atoms in total. The fraction of sp³-hybridized carbons (Fsp3) is 0.316. The van der Waals surface area contributed by atoms with Crippen molar-refractivity contribution in [1.82, 2.24) is 5.32 Å². The molecule has 3 N–H and O–H groups in total. The first kappa shape index (κ1) is 23.2. The molecular formula is C19H26IN3O3S. The van der Waals surface area contributed by atoms with Gasteiger partial charge < -0.3 is 15.8 Å². The molecule has 0 unspecified atom stereocenters. The van der Waals surface area contributed by atoms with Crippen LogP contribution in [0.2, 0.25) is 0 Å². The molecule has 0 heterocycles. The molecule has 0 bridgehead atoms. The zero-order valence-corrected chi connectivity index (χ0v) is 18.7. The van der Waals surface area contributed by atoms with E-state index in [4.69, 9.17) is 10.5 Å². The van der Waals surface area contributed by atoms with Gasteiger partial charge >= 0.3 is 0 Å². The Morgan fingerprint density at radius 1 is 1.11 bits per heavy atom. The van der Waals surface area contributed by atoms with Gasteiger partial charge in [-0.25, -0.2) is 13.4 Å². The molecule has 0 saturated carbocycles. The number of guanidine groups is 1. The highest BCUT2D eigenvalue weighted by Crippen LogP contribution is 2.13. The second-order valence-corrected chi connectivity index (χ2v) is 8.21. The summed E-state index contributed by atoms with van der Waals surface area (Å²) in [5.41, 5.74) is 8.69. The van der Waals surface area contributed by atoms with Crippen molar-refractivity contribution in [2.45, 2.75) is 18.7 Å². The molecule has 148 valence electrons. The molecule has 0 fully saturated rings. The van der Waals surface area contributed by atoms with Crippen LogP contribution in [0.5, 0.6) is 5.75 Å². The first-order chi connectivity index (χ1) is 12.4. The number of ether oxygens (including phenoxy) is 1. The van der Waals surface area contributed by atoms with Gasteiger partial charge in [0.05, 0.1) is 19.4 Å². The van der Waals surface area contributed by atoms with Crippen LogP contribution >= 0.6 is 24.0 Å². The highest BCUT2D eigenvalue weighted by atomic mass is 127. The summed E-state index contributed by atoms with van der Waals surface area (Å²) in [7, 11) is -1.45. The van der Waals surface area contributed by atoms with Crippen molar-refractivity contribution in [2.75, 3.05) is 19.9 Å². The fourth-order valence-electron chi connectivity index (χ4n) is 2.49. The summed E-state index contributed by atoms with van der Waals surface area (Å²) in [4.78, 5) is 4.31. The van der Waals surface area contributed by atoms with Crippen molar-refractivity contribution in [3.05, 3.63) is 65.2 Å². The zero-order valence-electron chi connectivity index (χ0n) is 15.5. The van der Waals surface area contributed by atoms with Gasteiger partial charge in [0.15, 0.2) is 15.8 Å². The van der Waals surface area contributed by atoms with E-state index in [-0.39, 0.29) is 29.7 Å². The minimum atomic E-state index is -3.09. The summed E-state index contributed by atoms with van der Waals surface area (Å²) >= 11 is 0. The Morgan fingerprint density at radius 2 is 1.74 bits per heavy atom. The number of nitrogens with one attached hydrogen (secondary N) is 1. The first-order valence-electron chi connectivity index (χ1n) is 8.28. The van der Waals surface area contributed by atoms with Gasteiger partial charge in [0.1, 0.15) is 5.75 Å². The molecule has 8 heteroatoms. The third-order valence-corrected chi connectivity index (χ3v) is 4.67. The van der Waals surface area contributed by atoms with Crippen LogP contribution in [0.4, 0.5) is 0 Å². The Hall–Kier alpha value is -1.81. The average Bonchev–Trinajstić information content (AvgIpc) is 2.60. The SMILES string of the molecule is COc1ccc(CCNC(N)=NCc2ccccc2CS(C)(=O)=O)cc1.I. The maximum absolute atomic E-state index is 11.5. The highest BCUT2D eigenvalue weighted by molar-refractivity contribution is 14.0. The molecule has 0 aliphatic rings. The van der Waals surface area contributed by atoms with E-state index in [1.165, 1.54) is 11.8 Å². The molecule has 2 aromatic rings. The van der Waals surface area contributed by atoms with Crippen LogP contribution < -0.4 is 15.8 Å². The maximum atomic E-state index is 11.5. The van der Waals surface area contributed by atoms with Gasteiger partial charge in [0.2, 0.25) is 0 Å². The lowest BCUT2D eigenvalue weighted by Gasteiger charge is -2.09.